The topological polar surface area (TPSA) is 92.7 Å². The fourth-order valence-corrected chi connectivity index (χ4v) is 7.34. The molecule has 0 spiro atoms. The zero-order valence-corrected chi connectivity index (χ0v) is 34.9. The molecule has 0 saturated heterocycles. The second-order valence-electron chi connectivity index (χ2n) is 16.0. The Labute approximate surface area is 323 Å². The van der Waals surface area contributed by atoms with Gasteiger partial charge in [0.2, 0.25) is 5.91 Å². The highest BCUT2D eigenvalue weighted by Gasteiger charge is 2.14. The monoisotopic (exact) mass is 736 g/mol. The lowest BCUT2D eigenvalue weighted by atomic mass is 10.0. The molecule has 308 valence electrons. The highest BCUT2D eigenvalue weighted by molar-refractivity contribution is 5.80. The van der Waals surface area contributed by atoms with E-state index < -0.39 is 5.97 Å². The summed E-state index contributed by atoms with van der Waals surface area (Å²) in [4.78, 5) is 35.1. The Morgan fingerprint density at radius 3 is 1.04 bits per heavy atom. The Bertz CT molecular complexity index is 772. The molecule has 6 heteroatoms. The van der Waals surface area contributed by atoms with E-state index in [0.29, 0.717) is 12.8 Å². The standard InChI is InChI=1S/C46H89NO5/c1-3-5-7-9-11-13-15-17-18-19-20-21-22-24-26-28-33-37-41-46(51)52-43(38-34-30-27-25-23-16-14-12-10-8-6-4-2)39-35-31-29-32-36-40-44(48)47-42-45(49)50/h43H,3-42H2,1-2H3,(H,47,48)(H,49,50). The Morgan fingerprint density at radius 1 is 0.423 bits per heavy atom. The lowest BCUT2D eigenvalue weighted by Crippen LogP contribution is -2.28. The van der Waals surface area contributed by atoms with Gasteiger partial charge in [-0.1, -0.05) is 213 Å². The highest BCUT2D eigenvalue weighted by atomic mass is 16.5. The Morgan fingerprint density at radius 2 is 0.712 bits per heavy atom. The summed E-state index contributed by atoms with van der Waals surface area (Å²) >= 11 is 0. The van der Waals surface area contributed by atoms with Crippen LogP contribution in [0.1, 0.15) is 264 Å². The second kappa shape index (κ2) is 42.2. The van der Waals surface area contributed by atoms with Crippen molar-refractivity contribution in [2.45, 2.75) is 270 Å². The van der Waals surface area contributed by atoms with Crippen molar-refractivity contribution in [3.63, 3.8) is 0 Å². The van der Waals surface area contributed by atoms with Crippen LogP contribution >= 0.6 is 0 Å². The van der Waals surface area contributed by atoms with Crippen molar-refractivity contribution < 1.29 is 24.2 Å². The normalized spacial score (nSPS) is 11.9. The average Bonchev–Trinajstić information content (AvgIpc) is 3.13. The van der Waals surface area contributed by atoms with Crippen LogP contribution in [-0.2, 0) is 19.1 Å². The highest BCUT2D eigenvalue weighted by Crippen LogP contribution is 2.20. The van der Waals surface area contributed by atoms with Crippen molar-refractivity contribution in [2.75, 3.05) is 6.54 Å². The SMILES string of the molecule is CCCCCCCCCCCCCCCCCCCCC(=O)OC(CCCCCCCCCCCCCC)CCCCCCCC(=O)NCC(=O)O. The summed E-state index contributed by atoms with van der Waals surface area (Å²) in [7, 11) is 0. The largest absolute Gasteiger partial charge is 0.480 e. The fourth-order valence-electron chi connectivity index (χ4n) is 7.34. The van der Waals surface area contributed by atoms with Gasteiger partial charge in [-0.05, 0) is 38.5 Å². The van der Waals surface area contributed by atoms with Gasteiger partial charge < -0.3 is 15.2 Å². The average molecular weight is 736 g/mol. The number of carbonyl (C=O) groups excluding carboxylic acids is 2. The number of esters is 1. The number of carboxylic acid groups (broad SMARTS) is 1. The lowest BCUT2D eigenvalue weighted by molar-refractivity contribution is -0.150. The molecule has 0 bridgehead atoms. The molecule has 0 aromatic rings. The first-order valence-electron chi connectivity index (χ1n) is 23.2. The summed E-state index contributed by atoms with van der Waals surface area (Å²) in [6.07, 6.45) is 48.1. The summed E-state index contributed by atoms with van der Waals surface area (Å²) in [5, 5.41) is 11.1. The van der Waals surface area contributed by atoms with E-state index in [2.05, 4.69) is 19.2 Å². The number of hydrogen-bond donors (Lipinski definition) is 2. The third-order valence-corrected chi connectivity index (χ3v) is 10.8. The van der Waals surface area contributed by atoms with Gasteiger partial charge in [0.25, 0.3) is 0 Å². The number of rotatable bonds is 43. The molecule has 1 unspecified atom stereocenters. The Balaban J connectivity index is 4.05. The van der Waals surface area contributed by atoms with Crippen molar-refractivity contribution in [2.24, 2.45) is 0 Å². The minimum atomic E-state index is -1.01. The fraction of sp³-hybridized carbons (Fsp3) is 0.935. The molecule has 0 saturated carbocycles. The first kappa shape index (κ1) is 50.4. The van der Waals surface area contributed by atoms with Gasteiger partial charge in [0, 0.05) is 12.8 Å². The van der Waals surface area contributed by atoms with Crippen LogP contribution in [0.15, 0.2) is 0 Å². The van der Waals surface area contributed by atoms with Crippen LogP contribution < -0.4 is 5.32 Å². The van der Waals surface area contributed by atoms with Crippen LogP contribution in [0.5, 0.6) is 0 Å². The van der Waals surface area contributed by atoms with Gasteiger partial charge in [0.15, 0.2) is 0 Å². The van der Waals surface area contributed by atoms with Crippen molar-refractivity contribution in [1.29, 1.82) is 0 Å². The van der Waals surface area contributed by atoms with Crippen molar-refractivity contribution in [1.82, 2.24) is 5.32 Å². The van der Waals surface area contributed by atoms with Crippen molar-refractivity contribution >= 4 is 17.8 Å². The van der Waals surface area contributed by atoms with Crippen LogP contribution in [0, 0.1) is 0 Å². The molecule has 0 heterocycles. The van der Waals surface area contributed by atoms with Crippen LogP contribution in [0.2, 0.25) is 0 Å². The quantitative estimate of drug-likeness (QED) is 0.0480. The molecule has 0 rings (SSSR count). The lowest BCUT2D eigenvalue weighted by Gasteiger charge is -2.18. The smallest absolute Gasteiger partial charge is 0.322 e. The molecule has 0 aliphatic heterocycles. The summed E-state index contributed by atoms with van der Waals surface area (Å²) in [6.45, 7) is 4.26. The number of nitrogens with one attached hydrogen (secondary N) is 1. The van der Waals surface area contributed by atoms with Crippen LogP contribution in [0.4, 0.5) is 0 Å². The number of amides is 1. The number of aliphatic carboxylic acids is 1. The summed E-state index contributed by atoms with van der Waals surface area (Å²) in [5.74, 6) is -1.21. The van der Waals surface area contributed by atoms with Gasteiger partial charge in [0.05, 0.1) is 0 Å². The van der Waals surface area contributed by atoms with E-state index in [1.807, 2.05) is 0 Å². The molecule has 1 amide bonds. The maximum Gasteiger partial charge on any atom is 0.322 e. The number of unbranched alkanes of at least 4 members (excludes halogenated alkanes) is 32. The zero-order chi connectivity index (χ0) is 38.0. The number of carboxylic acids is 1. The van der Waals surface area contributed by atoms with E-state index in [0.717, 1.165) is 64.2 Å². The van der Waals surface area contributed by atoms with Gasteiger partial charge in [-0.25, -0.2) is 0 Å². The maximum absolute atomic E-state index is 12.8. The van der Waals surface area contributed by atoms with Gasteiger partial charge in [-0.3, -0.25) is 14.4 Å². The Hall–Kier alpha value is -1.59. The minimum absolute atomic E-state index is 0.00666. The number of carbonyl (C=O) groups is 3. The van der Waals surface area contributed by atoms with Crippen molar-refractivity contribution in [3.8, 4) is 0 Å². The zero-order valence-electron chi connectivity index (χ0n) is 34.9. The molecular weight excluding hydrogens is 647 g/mol. The molecule has 0 aromatic carbocycles. The minimum Gasteiger partial charge on any atom is -0.480 e. The van der Waals surface area contributed by atoms with E-state index in [1.54, 1.807) is 0 Å². The van der Waals surface area contributed by atoms with Gasteiger partial charge in [-0.15, -0.1) is 0 Å². The maximum atomic E-state index is 12.8. The molecule has 0 radical (unpaired) electrons. The van der Waals surface area contributed by atoms with E-state index in [9.17, 15) is 14.4 Å². The van der Waals surface area contributed by atoms with E-state index in [-0.39, 0.29) is 24.5 Å². The number of ether oxygens (including phenoxy) is 1. The van der Waals surface area contributed by atoms with E-state index >= 15 is 0 Å². The Kier molecular flexibility index (Phi) is 40.9. The van der Waals surface area contributed by atoms with Crippen LogP contribution in [0.25, 0.3) is 0 Å². The molecule has 2 N–H and O–H groups in total. The summed E-state index contributed by atoms with van der Waals surface area (Å²) in [5.41, 5.74) is 0. The second-order valence-corrected chi connectivity index (χ2v) is 16.0. The molecule has 0 aliphatic carbocycles. The predicted octanol–water partition coefficient (Wildman–Crippen LogP) is 14.4. The van der Waals surface area contributed by atoms with Crippen LogP contribution in [-0.4, -0.2) is 35.6 Å². The van der Waals surface area contributed by atoms with Gasteiger partial charge in [0.1, 0.15) is 12.6 Å². The molecular formula is C46H89NO5. The third kappa shape index (κ3) is 41.2. The predicted molar refractivity (Wildman–Crippen MR) is 222 cm³/mol. The molecule has 0 aliphatic rings. The summed E-state index contributed by atoms with van der Waals surface area (Å²) in [6, 6.07) is 0. The van der Waals surface area contributed by atoms with E-state index in [4.69, 9.17) is 9.84 Å². The molecule has 52 heavy (non-hydrogen) atoms. The van der Waals surface area contributed by atoms with Crippen molar-refractivity contribution in [3.05, 3.63) is 0 Å². The molecule has 6 nitrogen and oxygen atoms in total. The molecule has 0 fully saturated rings. The van der Waals surface area contributed by atoms with Gasteiger partial charge in [-0.2, -0.15) is 0 Å². The third-order valence-electron chi connectivity index (χ3n) is 10.8. The molecule has 1 atom stereocenters. The first-order valence-corrected chi connectivity index (χ1v) is 23.2. The van der Waals surface area contributed by atoms with E-state index in [1.165, 1.54) is 173 Å². The first-order chi connectivity index (χ1) is 25.5. The van der Waals surface area contributed by atoms with Gasteiger partial charge >= 0.3 is 11.9 Å². The molecule has 0 aromatic heterocycles. The van der Waals surface area contributed by atoms with Crippen LogP contribution in [0.3, 0.4) is 0 Å². The number of hydrogen-bond acceptors (Lipinski definition) is 4. The summed E-state index contributed by atoms with van der Waals surface area (Å²) < 4.78 is 6.05.